The van der Waals surface area contributed by atoms with E-state index in [1.165, 1.54) is 25.4 Å². The Morgan fingerprint density at radius 2 is 2.03 bits per heavy atom. The number of pyridine rings is 1. The van der Waals surface area contributed by atoms with Crippen LogP contribution in [0.1, 0.15) is 40.9 Å². The Hall–Kier alpha value is -2.81. The average Bonchev–Trinajstić information content (AvgIpc) is 3.33. The van der Waals surface area contributed by atoms with Gasteiger partial charge in [-0.1, -0.05) is 12.1 Å². The number of carbonyl (C=O) groups is 1. The fraction of sp³-hybridized carbons (Fsp3) is 0.478. The summed E-state index contributed by atoms with van der Waals surface area (Å²) in [7, 11) is 1.40. The number of ether oxygens (including phenoxy) is 2. The molecule has 2 aliphatic rings. The molecule has 2 N–H and O–H groups in total. The summed E-state index contributed by atoms with van der Waals surface area (Å²) >= 11 is 0. The lowest BCUT2D eigenvalue weighted by Gasteiger charge is -2.28. The SMILES string of the molecule is COc1ccnc(C(=O)NC2CC3CC2CC3COCc2cccc(C(F)(F)F)c2)c1O. The van der Waals surface area contributed by atoms with Crippen LogP contribution in [0.25, 0.3) is 0 Å². The van der Waals surface area contributed by atoms with E-state index in [0.29, 0.717) is 29.9 Å². The first-order valence-electron chi connectivity index (χ1n) is 10.5. The van der Waals surface area contributed by atoms with Gasteiger partial charge in [-0.2, -0.15) is 13.2 Å². The number of amides is 1. The molecule has 2 aromatic rings. The molecule has 0 spiro atoms. The minimum absolute atomic E-state index is 0.000354. The van der Waals surface area contributed by atoms with E-state index in [1.807, 2.05) is 0 Å². The van der Waals surface area contributed by atoms with Crippen LogP contribution < -0.4 is 10.1 Å². The number of carbonyl (C=O) groups excluding carboxylic acids is 1. The number of nitrogens with zero attached hydrogens (tertiary/aromatic N) is 1. The second-order valence-corrected chi connectivity index (χ2v) is 8.49. The summed E-state index contributed by atoms with van der Waals surface area (Å²) in [4.78, 5) is 16.5. The largest absolute Gasteiger partial charge is 0.503 e. The molecule has 0 aliphatic heterocycles. The molecule has 1 heterocycles. The van der Waals surface area contributed by atoms with Gasteiger partial charge >= 0.3 is 6.18 Å². The highest BCUT2D eigenvalue weighted by atomic mass is 19.4. The third-order valence-corrected chi connectivity index (χ3v) is 6.50. The molecule has 0 radical (unpaired) electrons. The van der Waals surface area contributed by atoms with Gasteiger partial charge in [0.1, 0.15) is 0 Å². The fourth-order valence-corrected chi connectivity index (χ4v) is 4.95. The number of alkyl halides is 3. The second-order valence-electron chi connectivity index (χ2n) is 8.49. The van der Waals surface area contributed by atoms with Gasteiger partial charge in [-0.05, 0) is 54.7 Å². The van der Waals surface area contributed by atoms with Crippen LogP contribution in [0, 0.1) is 17.8 Å². The van der Waals surface area contributed by atoms with Crippen molar-refractivity contribution in [1.82, 2.24) is 10.3 Å². The van der Waals surface area contributed by atoms with Crippen LogP contribution in [0.15, 0.2) is 36.5 Å². The Morgan fingerprint density at radius 3 is 2.72 bits per heavy atom. The number of rotatable bonds is 7. The number of aromatic nitrogens is 1. The van der Waals surface area contributed by atoms with E-state index in [4.69, 9.17) is 9.47 Å². The lowest BCUT2D eigenvalue weighted by molar-refractivity contribution is -0.137. The molecule has 1 amide bonds. The summed E-state index contributed by atoms with van der Waals surface area (Å²) in [6.07, 6.45) is -0.294. The van der Waals surface area contributed by atoms with Crippen molar-refractivity contribution >= 4 is 5.91 Å². The quantitative estimate of drug-likeness (QED) is 0.662. The number of benzene rings is 1. The Labute approximate surface area is 183 Å². The van der Waals surface area contributed by atoms with Crippen LogP contribution in [0.3, 0.4) is 0 Å². The summed E-state index contributed by atoms with van der Waals surface area (Å²) in [6.45, 7) is 0.620. The normalized spacial score (nSPS) is 24.5. The minimum atomic E-state index is -4.36. The Balaban J connectivity index is 1.27. The van der Waals surface area contributed by atoms with Gasteiger partial charge < -0.3 is 19.9 Å². The zero-order valence-electron chi connectivity index (χ0n) is 17.6. The minimum Gasteiger partial charge on any atom is -0.503 e. The monoisotopic (exact) mass is 450 g/mol. The first-order chi connectivity index (χ1) is 15.3. The maximum Gasteiger partial charge on any atom is 0.416 e. The topological polar surface area (TPSA) is 80.7 Å². The summed E-state index contributed by atoms with van der Waals surface area (Å²) < 4.78 is 49.3. The second kappa shape index (κ2) is 8.97. The molecule has 2 aliphatic carbocycles. The predicted molar refractivity (Wildman–Crippen MR) is 109 cm³/mol. The van der Waals surface area contributed by atoms with Crippen LogP contribution in [-0.4, -0.2) is 35.8 Å². The molecule has 2 fully saturated rings. The molecule has 0 saturated heterocycles. The van der Waals surface area contributed by atoms with Crippen LogP contribution >= 0.6 is 0 Å². The molecule has 1 aromatic carbocycles. The van der Waals surface area contributed by atoms with Crippen molar-refractivity contribution in [3.63, 3.8) is 0 Å². The molecular weight excluding hydrogens is 425 g/mol. The van der Waals surface area contributed by atoms with Gasteiger partial charge in [-0.25, -0.2) is 4.98 Å². The van der Waals surface area contributed by atoms with Crippen molar-refractivity contribution in [3.8, 4) is 11.5 Å². The van der Waals surface area contributed by atoms with E-state index in [-0.39, 0.29) is 29.8 Å². The Morgan fingerprint density at radius 1 is 1.22 bits per heavy atom. The maximum atomic E-state index is 12.8. The van der Waals surface area contributed by atoms with Crippen molar-refractivity contribution < 1.29 is 32.5 Å². The molecule has 2 bridgehead atoms. The third kappa shape index (κ3) is 4.67. The van der Waals surface area contributed by atoms with Crippen molar-refractivity contribution in [2.24, 2.45) is 17.8 Å². The number of halogens is 3. The lowest BCUT2D eigenvalue weighted by Crippen LogP contribution is -2.40. The highest BCUT2D eigenvalue weighted by Gasteiger charge is 2.46. The van der Waals surface area contributed by atoms with E-state index in [1.54, 1.807) is 6.07 Å². The Kier molecular flexibility index (Phi) is 6.28. The van der Waals surface area contributed by atoms with Crippen molar-refractivity contribution in [2.75, 3.05) is 13.7 Å². The smallest absolute Gasteiger partial charge is 0.416 e. The van der Waals surface area contributed by atoms with Crippen molar-refractivity contribution in [2.45, 2.75) is 38.1 Å². The molecule has 2 saturated carbocycles. The molecule has 4 unspecified atom stereocenters. The van der Waals surface area contributed by atoms with E-state index in [9.17, 15) is 23.1 Å². The molecular formula is C23H25F3N2O4. The molecule has 32 heavy (non-hydrogen) atoms. The predicted octanol–water partition coefficient (Wildman–Crippen LogP) is 4.18. The molecule has 172 valence electrons. The van der Waals surface area contributed by atoms with Crippen molar-refractivity contribution in [1.29, 1.82) is 0 Å². The van der Waals surface area contributed by atoms with Gasteiger partial charge in [-0.3, -0.25) is 4.79 Å². The van der Waals surface area contributed by atoms with Crippen LogP contribution in [0.2, 0.25) is 0 Å². The van der Waals surface area contributed by atoms with E-state index in [0.717, 1.165) is 31.4 Å². The summed E-state index contributed by atoms with van der Waals surface area (Å²) in [5.41, 5.74) is -0.236. The fourth-order valence-electron chi connectivity index (χ4n) is 4.95. The number of methoxy groups -OCH3 is 1. The van der Waals surface area contributed by atoms with Crippen LogP contribution in [0.5, 0.6) is 11.5 Å². The van der Waals surface area contributed by atoms with Crippen LogP contribution in [-0.2, 0) is 17.5 Å². The number of hydrogen-bond donors (Lipinski definition) is 2. The number of hydrogen-bond acceptors (Lipinski definition) is 5. The third-order valence-electron chi connectivity index (χ3n) is 6.50. The molecule has 1 aromatic heterocycles. The highest BCUT2D eigenvalue weighted by molar-refractivity contribution is 5.95. The summed E-state index contributed by atoms with van der Waals surface area (Å²) in [5, 5.41) is 13.1. The average molecular weight is 450 g/mol. The highest BCUT2D eigenvalue weighted by Crippen LogP contribution is 2.48. The lowest BCUT2D eigenvalue weighted by atomic mass is 9.86. The zero-order valence-corrected chi connectivity index (χ0v) is 17.6. The van der Waals surface area contributed by atoms with Gasteiger partial charge in [-0.15, -0.1) is 0 Å². The van der Waals surface area contributed by atoms with E-state index in [2.05, 4.69) is 10.3 Å². The van der Waals surface area contributed by atoms with Gasteiger partial charge in [0.25, 0.3) is 5.91 Å². The van der Waals surface area contributed by atoms with E-state index >= 15 is 0 Å². The number of fused-ring (bicyclic) bond motifs is 2. The number of nitrogens with one attached hydrogen (secondary N) is 1. The van der Waals surface area contributed by atoms with Gasteiger partial charge in [0.15, 0.2) is 17.2 Å². The number of aromatic hydroxyl groups is 1. The first kappa shape index (κ1) is 22.4. The van der Waals surface area contributed by atoms with Gasteiger partial charge in [0.05, 0.1) is 25.9 Å². The van der Waals surface area contributed by atoms with Crippen molar-refractivity contribution in [3.05, 3.63) is 53.3 Å². The molecule has 9 heteroatoms. The van der Waals surface area contributed by atoms with E-state index < -0.39 is 17.6 Å². The zero-order chi connectivity index (χ0) is 22.9. The molecule has 4 rings (SSSR count). The summed E-state index contributed by atoms with van der Waals surface area (Å²) in [6, 6.07) is 6.67. The first-order valence-corrected chi connectivity index (χ1v) is 10.5. The summed E-state index contributed by atoms with van der Waals surface area (Å²) in [5.74, 6) is 0.490. The van der Waals surface area contributed by atoms with Gasteiger partial charge in [0, 0.05) is 18.3 Å². The van der Waals surface area contributed by atoms with Crippen LogP contribution in [0.4, 0.5) is 13.2 Å². The molecule has 4 atom stereocenters. The Bertz CT molecular complexity index is 982. The standard InChI is InChI=1S/C23H25F3N2O4/c1-31-19-5-6-27-20(21(19)29)22(30)28-18-10-14-8-15(18)9-16(14)12-32-11-13-3-2-4-17(7-13)23(24,25)26/h2-7,14-16,18,29H,8-12H2,1H3,(H,28,30). The maximum absolute atomic E-state index is 12.8. The van der Waals surface area contributed by atoms with Gasteiger partial charge in [0.2, 0.25) is 0 Å². The molecule has 6 nitrogen and oxygen atoms in total.